The molecule has 0 unspecified atom stereocenters. The van der Waals surface area contributed by atoms with Crippen molar-refractivity contribution in [1.82, 2.24) is 0 Å². The van der Waals surface area contributed by atoms with E-state index >= 15 is 0 Å². The molecule has 5 heteroatoms. The van der Waals surface area contributed by atoms with E-state index in [9.17, 15) is 0 Å². The molecule has 3 aliphatic heterocycles. The first-order chi connectivity index (χ1) is 39.6. The van der Waals surface area contributed by atoms with E-state index in [2.05, 4.69) is 301 Å². The molecule has 4 aliphatic rings. The van der Waals surface area contributed by atoms with Gasteiger partial charge in [-0.3, -0.25) is 0 Å². The van der Waals surface area contributed by atoms with Crippen LogP contribution in [0.15, 0.2) is 229 Å². The van der Waals surface area contributed by atoms with Crippen molar-refractivity contribution in [2.75, 3.05) is 14.6 Å². The zero-order valence-electron chi connectivity index (χ0n) is 48.2. The third-order valence-electron chi connectivity index (χ3n) is 18.7. The minimum absolute atomic E-state index is 0.0115. The molecule has 0 fully saturated rings. The molecule has 1 aliphatic carbocycles. The lowest BCUT2D eigenvalue weighted by Crippen LogP contribution is -2.62. The van der Waals surface area contributed by atoms with Gasteiger partial charge in [-0.1, -0.05) is 208 Å². The van der Waals surface area contributed by atoms with Crippen molar-refractivity contribution in [3.8, 4) is 22.3 Å². The van der Waals surface area contributed by atoms with E-state index in [0.29, 0.717) is 0 Å². The van der Waals surface area contributed by atoms with Gasteiger partial charge in [0.15, 0.2) is 5.58 Å². The fourth-order valence-electron chi connectivity index (χ4n) is 14.7. The van der Waals surface area contributed by atoms with Gasteiger partial charge in [0.25, 0.3) is 0 Å². The lowest BCUT2D eigenvalue weighted by atomic mass is 9.42. The SMILES string of the molecule is CC(C)(C)c1ccc(N2B3c4cccc5c4N(c4cc6ccccc6cc4C54c5ccccc5-c5ccccc54)c4c3c(cc3c4oc4ccccc43)-c3cc(N(c4ccc(C(C)(C)C)cc4)c4ccc(C(C)(C)C)cc4)ccc32)cc1. The summed E-state index contributed by atoms with van der Waals surface area (Å²) in [5.74, 6) is 0. The molecule has 396 valence electrons. The summed E-state index contributed by atoms with van der Waals surface area (Å²) >= 11 is 0. The minimum atomic E-state index is -0.628. The average molecular weight is 1060 g/mol. The molecule has 0 atom stereocenters. The van der Waals surface area contributed by atoms with Crippen LogP contribution in [0.2, 0.25) is 0 Å². The summed E-state index contributed by atoms with van der Waals surface area (Å²) in [5, 5.41) is 4.63. The van der Waals surface area contributed by atoms with Crippen molar-refractivity contribution in [3.63, 3.8) is 0 Å². The molecule has 82 heavy (non-hydrogen) atoms. The summed E-state index contributed by atoms with van der Waals surface area (Å²) < 4.78 is 7.42. The number of para-hydroxylation sites is 2. The predicted molar refractivity (Wildman–Crippen MR) is 347 cm³/mol. The van der Waals surface area contributed by atoms with Gasteiger partial charge in [-0.05, 0) is 172 Å². The van der Waals surface area contributed by atoms with Gasteiger partial charge in [-0.25, -0.2) is 0 Å². The molecule has 1 aromatic heterocycles. The second-order valence-electron chi connectivity index (χ2n) is 26.5. The molecule has 0 amide bonds. The van der Waals surface area contributed by atoms with E-state index in [0.717, 1.165) is 56.1 Å². The Morgan fingerprint density at radius 3 is 1.56 bits per heavy atom. The summed E-state index contributed by atoms with van der Waals surface area (Å²) in [6.07, 6.45) is 0. The van der Waals surface area contributed by atoms with E-state index in [1.165, 1.54) is 94.3 Å². The van der Waals surface area contributed by atoms with Crippen LogP contribution in [0, 0.1) is 0 Å². The zero-order valence-corrected chi connectivity index (χ0v) is 48.2. The smallest absolute Gasteiger partial charge is 0.333 e. The van der Waals surface area contributed by atoms with Crippen LogP contribution in [0.5, 0.6) is 0 Å². The molecule has 16 rings (SSSR count). The average Bonchev–Trinajstić information content (AvgIpc) is 1.55. The third-order valence-corrected chi connectivity index (χ3v) is 18.7. The van der Waals surface area contributed by atoms with Gasteiger partial charge in [0.1, 0.15) is 5.58 Å². The van der Waals surface area contributed by atoms with Gasteiger partial charge in [-0.15, -0.1) is 0 Å². The highest BCUT2D eigenvalue weighted by atomic mass is 16.3. The molecule has 0 saturated heterocycles. The number of hydrogen-bond acceptors (Lipinski definition) is 4. The van der Waals surface area contributed by atoms with Gasteiger partial charge in [0.2, 0.25) is 0 Å². The summed E-state index contributed by atoms with van der Waals surface area (Å²) in [6, 6.07) is 85.8. The Balaban J connectivity index is 1.04. The molecule has 0 radical (unpaired) electrons. The molecule has 0 N–H and O–H groups in total. The standard InChI is InChI=1S/C77H64BN3O/c1-74(2,3)49-29-35-52(36-30-49)79(53-37-31-50(32-38-53)75(4,5)6)55-41-42-67-59(45-55)60-46-61-58-23-14-17-28-69(58)82-73(61)72-70(60)78(81(67)54-39-33-51(34-40-54)76(7,8)9)66-27-18-26-64-71(66)80(72)68-44-48-20-11-10-19-47(48)43-65(68)77(64)62-24-15-12-21-56(62)57-22-13-16-25-63(57)77/h10-46H,1-9H3. The largest absolute Gasteiger partial charge is 0.454 e. The number of anilines is 8. The first-order valence-corrected chi connectivity index (χ1v) is 29.3. The molecule has 0 saturated carbocycles. The van der Waals surface area contributed by atoms with Crippen molar-refractivity contribution < 1.29 is 4.42 Å². The summed E-state index contributed by atoms with van der Waals surface area (Å²) in [6.45, 7) is 20.4. The van der Waals surface area contributed by atoms with Gasteiger partial charge in [-0.2, -0.15) is 0 Å². The lowest BCUT2D eigenvalue weighted by Gasteiger charge is -2.51. The van der Waals surface area contributed by atoms with Gasteiger partial charge in [0, 0.05) is 50.5 Å². The van der Waals surface area contributed by atoms with Crippen molar-refractivity contribution in [2.24, 2.45) is 0 Å². The van der Waals surface area contributed by atoms with Crippen LogP contribution >= 0.6 is 0 Å². The number of benzene rings is 11. The summed E-state index contributed by atoms with van der Waals surface area (Å²) in [4.78, 5) is 7.77. The third kappa shape index (κ3) is 6.80. The molecular formula is C77H64BN3O. The van der Waals surface area contributed by atoms with Crippen molar-refractivity contribution in [3.05, 3.63) is 263 Å². The topological polar surface area (TPSA) is 22.9 Å². The number of fused-ring (bicyclic) bond motifs is 18. The second kappa shape index (κ2) is 17.0. The Bertz CT molecular complexity index is 4540. The van der Waals surface area contributed by atoms with Gasteiger partial charge in [0.05, 0.1) is 16.8 Å². The fourth-order valence-corrected chi connectivity index (χ4v) is 14.7. The number of furan rings is 1. The Morgan fingerprint density at radius 2 is 0.939 bits per heavy atom. The van der Waals surface area contributed by atoms with Crippen molar-refractivity contribution in [2.45, 2.75) is 84.0 Å². The summed E-state index contributed by atoms with van der Waals surface area (Å²) in [5.41, 5.74) is 26.8. The molecule has 0 bridgehead atoms. The Labute approximate surface area is 482 Å². The Hall–Kier alpha value is -9.06. The number of rotatable bonds is 4. The predicted octanol–water partition coefficient (Wildman–Crippen LogP) is 19.5. The van der Waals surface area contributed by atoms with E-state index in [1.807, 2.05) is 0 Å². The Morgan fingerprint density at radius 1 is 0.402 bits per heavy atom. The normalized spacial score (nSPS) is 14.4. The van der Waals surface area contributed by atoms with Crippen LogP contribution in [0.3, 0.4) is 0 Å². The monoisotopic (exact) mass is 1060 g/mol. The fraction of sp³-hybridized carbons (Fsp3) is 0.169. The van der Waals surface area contributed by atoms with E-state index < -0.39 is 5.41 Å². The molecule has 1 spiro atoms. The van der Waals surface area contributed by atoms with Crippen LogP contribution in [-0.2, 0) is 21.7 Å². The maximum absolute atomic E-state index is 7.42. The highest BCUT2D eigenvalue weighted by Crippen LogP contribution is 2.65. The highest BCUT2D eigenvalue weighted by Gasteiger charge is 2.56. The van der Waals surface area contributed by atoms with Crippen LogP contribution in [-0.4, -0.2) is 6.85 Å². The number of nitrogens with zero attached hydrogens (tertiary/aromatic N) is 3. The quantitative estimate of drug-likeness (QED) is 0.164. The van der Waals surface area contributed by atoms with E-state index in [-0.39, 0.29) is 23.1 Å². The molecule has 4 nitrogen and oxygen atoms in total. The van der Waals surface area contributed by atoms with Crippen LogP contribution in [0.4, 0.5) is 45.5 Å². The molecule has 12 aromatic rings. The number of hydrogen-bond donors (Lipinski definition) is 0. The van der Waals surface area contributed by atoms with E-state index in [1.54, 1.807) is 0 Å². The maximum atomic E-state index is 7.42. The highest BCUT2D eigenvalue weighted by molar-refractivity contribution is 6.94. The van der Waals surface area contributed by atoms with Gasteiger partial charge < -0.3 is 19.0 Å². The second-order valence-corrected chi connectivity index (χ2v) is 26.5. The molecule has 11 aromatic carbocycles. The zero-order chi connectivity index (χ0) is 55.8. The van der Waals surface area contributed by atoms with Crippen LogP contribution in [0.25, 0.3) is 55.0 Å². The lowest BCUT2D eigenvalue weighted by molar-refractivity contribution is 0.590. The first kappa shape index (κ1) is 48.8. The maximum Gasteiger partial charge on any atom is 0.333 e. The van der Waals surface area contributed by atoms with E-state index in [4.69, 9.17) is 4.42 Å². The van der Waals surface area contributed by atoms with Crippen LogP contribution < -0.4 is 25.5 Å². The van der Waals surface area contributed by atoms with Crippen molar-refractivity contribution >= 4 is 96.0 Å². The molecule has 4 heterocycles. The Kier molecular flexibility index (Phi) is 10.1. The van der Waals surface area contributed by atoms with Gasteiger partial charge >= 0.3 is 6.85 Å². The first-order valence-electron chi connectivity index (χ1n) is 29.3. The van der Waals surface area contributed by atoms with Crippen molar-refractivity contribution in [1.29, 1.82) is 0 Å². The minimum Gasteiger partial charge on any atom is -0.454 e. The molecular weight excluding hydrogens is 994 g/mol. The summed E-state index contributed by atoms with van der Waals surface area (Å²) in [7, 11) is 0. The van der Waals surface area contributed by atoms with Crippen LogP contribution in [0.1, 0.15) is 101 Å².